The van der Waals surface area contributed by atoms with Gasteiger partial charge in [-0.05, 0) is 30.4 Å². The number of aromatic nitrogens is 1. The van der Waals surface area contributed by atoms with Crippen molar-refractivity contribution in [2.24, 2.45) is 0 Å². The van der Waals surface area contributed by atoms with E-state index in [0.717, 1.165) is 19.3 Å². The van der Waals surface area contributed by atoms with E-state index in [-0.39, 0.29) is 11.4 Å². The molecule has 2 aromatic rings. The van der Waals surface area contributed by atoms with Crippen molar-refractivity contribution in [3.05, 3.63) is 47.7 Å². The van der Waals surface area contributed by atoms with Crippen LogP contribution in [0, 0.1) is 0 Å². The second-order valence-corrected chi connectivity index (χ2v) is 5.76. The summed E-state index contributed by atoms with van der Waals surface area (Å²) in [6.45, 7) is 2.81. The van der Waals surface area contributed by atoms with Crippen LogP contribution in [-0.2, 0) is 11.8 Å². The Morgan fingerprint density at radius 3 is 3.05 bits per heavy atom. The normalized spacial score (nSPS) is 20.6. The molecular formula is C16H19N3O2. The maximum absolute atomic E-state index is 11.9. The molecule has 2 amide bonds. The van der Waals surface area contributed by atoms with Crippen molar-refractivity contribution in [3.8, 4) is 0 Å². The summed E-state index contributed by atoms with van der Waals surface area (Å²) in [5, 5.41) is 9.25. The second kappa shape index (κ2) is 5.60. The smallest absolute Gasteiger partial charge is 0.320 e. The molecule has 1 aliphatic carbocycles. The van der Waals surface area contributed by atoms with Crippen molar-refractivity contribution in [2.45, 2.75) is 31.6 Å². The maximum Gasteiger partial charge on any atom is 0.320 e. The molecule has 0 saturated heterocycles. The number of anilines is 1. The zero-order chi connectivity index (χ0) is 14.7. The van der Waals surface area contributed by atoms with Gasteiger partial charge >= 0.3 is 6.03 Å². The Morgan fingerprint density at radius 1 is 1.38 bits per heavy atom. The highest BCUT2D eigenvalue weighted by Crippen LogP contribution is 2.36. The number of fused-ring (bicyclic) bond motifs is 1. The summed E-state index contributed by atoms with van der Waals surface area (Å²) in [4.78, 5) is 11.9. The minimum atomic E-state index is -0.256. The number of amides is 2. The molecule has 0 bridgehead atoms. The molecule has 3 rings (SSSR count). The van der Waals surface area contributed by atoms with E-state index in [9.17, 15) is 4.79 Å². The highest BCUT2D eigenvalue weighted by molar-refractivity contribution is 5.88. The molecule has 0 spiro atoms. The molecule has 1 aromatic heterocycles. The molecule has 1 aromatic carbocycles. The highest BCUT2D eigenvalue weighted by atomic mass is 16.5. The van der Waals surface area contributed by atoms with Crippen LogP contribution in [-0.4, -0.2) is 17.7 Å². The number of aryl methyl sites for hydroxylation is 1. The summed E-state index contributed by atoms with van der Waals surface area (Å²) in [5.41, 5.74) is 2.72. The first-order valence-electron chi connectivity index (χ1n) is 7.21. The van der Waals surface area contributed by atoms with Gasteiger partial charge in [0.25, 0.3) is 0 Å². The lowest BCUT2D eigenvalue weighted by atomic mass is 9.71. The van der Waals surface area contributed by atoms with E-state index >= 15 is 0 Å². The lowest BCUT2D eigenvalue weighted by Gasteiger charge is -2.36. The van der Waals surface area contributed by atoms with Crippen LogP contribution < -0.4 is 10.6 Å². The molecule has 1 atom stereocenters. The van der Waals surface area contributed by atoms with E-state index in [4.69, 9.17) is 0 Å². The lowest BCUT2D eigenvalue weighted by molar-refractivity contribution is 0.247. The summed E-state index contributed by atoms with van der Waals surface area (Å²) < 4.78 is 4.68. The number of nitrogens with zero attached hydrogens (tertiary/aromatic N) is 1. The minimum absolute atomic E-state index is 0.0178. The van der Waals surface area contributed by atoms with Gasteiger partial charge in [-0.25, -0.2) is 4.79 Å². The third-order valence-corrected chi connectivity index (χ3v) is 4.16. The first-order chi connectivity index (χ1) is 10.2. The van der Waals surface area contributed by atoms with Gasteiger partial charge in [0.1, 0.15) is 6.26 Å². The average molecular weight is 285 g/mol. The van der Waals surface area contributed by atoms with Crippen molar-refractivity contribution in [1.29, 1.82) is 0 Å². The molecule has 1 unspecified atom stereocenters. The average Bonchev–Trinajstić information content (AvgIpc) is 2.99. The van der Waals surface area contributed by atoms with Gasteiger partial charge in [-0.15, -0.1) is 0 Å². The van der Waals surface area contributed by atoms with E-state index in [0.29, 0.717) is 12.4 Å². The Kier molecular flexibility index (Phi) is 3.64. The topological polar surface area (TPSA) is 67.2 Å². The van der Waals surface area contributed by atoms with Crippen LogP contribution in [0.15, 0.2) is 41.1 Å². The number of rotatable bonds is 3. The second-order valence-electron chi connectivity index (χ2n) is 5.76. The van der Waals surface area contributed by atoms with Crippen molar-refractivity contribution in [3.63, 3.8) is 0 Å². The number of carbonyl (C=O) groups is 1. The van der Waals surface area contributed by atoms with Gasteiger partial charge in [-0.2, -0.15) is 0 Å². The van der Waals surface area contributed by atoms with Gasteiger partial charge in [0, 0.05) is 18.0 Å². The standard InChI is InChI=1S/C16H19N3O2/c1-16(9-4-6-12-5-2-3-7-13(12)16)11-17-15(20)18-14-8-10-21-19-14/h2-3,5,7-8,10H,4,6,9,11H2,1H3,(H2,17,18,19,20). The van der Waals surface area contributed by atoms with Crippen molar-refractivity contribution in [1.82, 2.24) is 10.5 Å². The minimum Gasteiger partial charge on any atom is -0.363 e. The zero-order valence-corrected chi connectivity index (χ0v) is 12.1. The molecule has 21 heavy (non-hydrogen) atoms. The first-order valence-corrected chi connectivity index (χ1v) is 7.21. The Bertz CT molecular complexity index is 624. The molecule has 1 aliphatic rings. The van der Waals surface area contributed by atoms with Crippen molar-refractivity contribution >= 4 is 11.8 Å². The van der Waals surface area contributed by atoms with Crippen LogP contribution >= 0.6 is 0 Å². The fourth-order valence-corrected chi connectivity index (χ4v) is 3.03. The third-order valence-electron chi connectivity index (χ3n) is 4.16. The molecule has 0 aliphatic heterocycles. The maximum atomic E-state index is 11.9. The van der Waals surface area contributed by atoms with Crippen molar-refractivity contribution < 1.29 is 9.32 Å². The molecule has 1 heterocycles. The van der Waals surface area contributed by atoms with Gasteiger partial charge in [0.05, 0.1) is 0 Å². The van der Waals surface area contributed by atoms with Gasteiger partial charge in [-0.3, -0.25) is 5.32 Å². The van der Waals surface area contributed by atoms with Crippen LogP contribution in [0.1, 0.15) is 30.9 Å². The monoisotopic (exact) mass is 285 g/mol. The molecule has 0 fully saturated rings. The summed E-state index contributed by atoms with van der Waals surface area (Å²) in [5.74, 6) is 0.418. The van der Waals surface area contributed by atoms with Crippen molar-refractivity contribution in [2.75, 3.05) is 11.9 Å². The first kappa shape index (κ1) is 13.7. The van der Waals surface area contributed by atoms with Crippen LogP contribution in [0.5, 0.6) is 0 Å². The summed E-state index contributed by atoms with van der Waals surface area (Å²) in [6.07, 6.45) is 4.78. The number of carbonyl (C=O) groups excluding carboxylic acids is 1. The SMILES string of the molecule is CC1(CNC(=O)Nc2ccon2)CCCc2ccccc21. The molecule has 2 N–H and O–H groups in total. The fraction of sp³-hybridized carbons (Fsp3) is 0.375. The van der Waals surface area contributed by atoms with Crippen LogP contribution in [0.2, 0.25) is 0 Å². The van der Waals surface area contributed by atoms with E-state index in [1.807, 2.05) is 0 Å². The fourth-order valence-electron chi connectivity index (χ4n) is 3.03. The van der Waals surface area contributed by atoms with E-state index in [1.54, 1.807) is 6.07 Å². The Morgan fingerprint density at radius 2 is 2.24 bits per heavy atom. The molecule has 5 heteroatoms. The Balaban J connectivity index is 1.66. The van der Waals surface area contributed by atoms with E-state index in [2.05, 4.69) is 51.5 Å². The Hall–Kier alpha value is -2.30. The summed E-state index contributed by atoms with van der Waals surface area (Å²) in [6, 6.07) is 9.85. The van der Waals surface area contributed by atoms with Crippen LogP contribution in [0.3, 0.4) is 0 Å². The number of benzene rings is 1. The third kappa shape index (κ3) is 2.91. The zero-order valence-electron chi connectivity index (χ0n) is 12.1. The number of urea groups is 1. The Labute approximate surface area is 123 Å². The number of nitrogens with one attached hydrogen (secondary N) is 2. The predicted molar refractivity (Wildman–Crippen MR) is 80.3 cm³/mol. The van der Waals surface area contributed by atoms with Gasteiger partial charge in [-0.1, -0.05) is 36.3 Å². The van der Waals surface area contributed by atoms with Crippen LogP contribution in [0.4, 0.5) is 10.6 Å². The molecule has 110 valence electrons. The predicted octanol–water partition coefficient (Wildman–Crippen LogP) is 3.09. The molecule has 0 saturated carbocycles. The lowest BCUT2D eigenvalue weighted by Crippen LogP contribution is -2.42. The highest BCUT2D eigenvalue weighted by Gasteiger charge is 2.32. The summed E-state index contributed by atoms with van der Waals surface area (Å²) in [7, 11) is 0. The largest absolute Gasteiger partial charge is 0.363 e. The molecule has 0 radical (unpaired) electrons. The van der Waals surface area contributed by atoms with E-state index < -0.39 is 0 Å². The summed E-state index contributed by atoms with van der Waals surface area (Å²) >= 11 is 0. The van der Waals surface area contributed by atoms with Gasteiger partial charge < -0.3 is 9.84 Å². The quantitative estimate of drug-likeness (QED) is 0.910. The number of hydrogen-bond acceptors (Lipinski definition) is 3. The van der Waals surface area contributed by atoms with Gasteiger partial charge in [0.15, 0.2) is 5.82 Å². The van der Waals surface area contributed by atoms with Crippen LogP contribution in [0.25, 0.3) is 0 Å². The molecule has 5 nitrogen and oxygen atoms in total. The van der Waals surface area contributed by atoms with Gasteiger partial charge in [0.2, 0.25) is 0 Å². The van der Waals surface area contributed by atoms with E-state index in [1.165, 1.54) is 17.4 Å². The molecular weight excluding hydrogens is 266 g/mol. The number of hydrogen-bond donors (Lipinski definition) is 2.